The second kappa shape index (κ2) is 11.9. The van der Waals surface area contributed by atoms with Crippen molar-refractivity contribution in [1.82, 2.24) is 0 Å². The Morgan fingerprint density at radius 2 is 1.68 bits per heavy atom. The van der Waals surface area contributed by atoms with E-state index in [0.29, 0.717) is 17.6 Å². The zero-order valence-electron chi connectivity index (χ0n) is 25.3. The number of rotatable bonds is 6. The van der Waals surface area contributed by atoms with Crippen LogP contribution in [0.2, 0.25) is 0 Å². The van der Waals surface area contributed by atoms with Gasteiger partial charge in [0.2, 0.25) is 0 Å². The maximum atomic E-state index is 13.6. The first-order valence-corrected chi connectivity index (χ1v) is 14.3. The van der Waals surface area contributed by atoms with Crippen LogP contribution in [0, 0.1) is 22.2 Å². The number of aliphatic hydroxyl groups excluding tert-OH is 1. The van der Waals surface area contributed by atoms with Crippen LogP contribution in [-0.2, 0) is 23.8 Å². The fourth-order valence-electron chi connectivity index (χ4n) is 7.28. The average molecular weight is 555 g/mol. The number of aliphatic hydroxyl groups is 1. The summed E-state index contributed by atoms with van der Waals surface area (Å²) in [6, 6.07) is 8.72. The Labute approximate surface area is 239 Å². The van der Waals surface area contributed by atoms with Crippen molar-refractivity contribution in [2.45, 2.75) is 105 Å². The predicted molar refractivity (Wildman–Crippen MR) is 153 cm³/mol. The van der Waals surface area contributed by atoms with Crippen molar-refractivity contribution in [1.29, 1.82) is 0 Å². The van der Waals surface area contributed by atoms with Gasteiger partial charge in [-0.15, -0.1) is 0 Å². The van der Waals surface area contributed by atoms with E-state index in [1.807, 2.05) is 26.0 Å². The summed E-state index contributed by atoms with van der Waals surface area (Å²) < 4.78 is 18.4. The summed E-state index contributed by atoms with van der Waals surface area (Å²) in [4.78, 5) is 38.7. The van der Waals surface area contributed by atoms with Gasteiger partial charge < -0.3 is 19.3 Å². The fraction of sp³-hybridized carbons (Fsp3) is 0.606. The summed E-state index contributed by atoms with van der Waals surface area (Å²) in [7, 11) is 0. The van der Waals surface area contributed by atoms with Gasteiger partial charge in [-0.1, -0.05) is 71.9 Å². The van der Waals surface area contributed by atoms with Crippen molar-refractivity contribution in [2.24, 2.45) is 22.2 Å². The summed E-state index contributed by atoms with van der Waals surface area (Å²) in [6.45, 7) is 19.4. The van der Waals surface area contributed by atoms with E-state index >= 15 is 0 Å². The largest absolute Gasteiger partial charge is 0.462 e. The van der Waals surface area contributed by atoms with Crippen LogP contribution in [0.25, 0.3) is 0 Å². The minimum Gasteiger partial charge on any atom is -0.462 e. The van der Waals surface area contributed by atoms with Gasteiger partial charge in [0.1, 0.15) is 6.10 Å². The smallest absolute Gasteiger partial charge is 0.338 e. The van der Waals surface area contributed by atoms with Crippen molar-refractivity contribution in [2.75, 3.05) is 0 Å². The van der Waals surface area contributed by atoms with Crippen LogP contribution < -0.4 is 0 Å². The molecule has 0 aromatic heterocycles. The first-order chi connectivity index (χ1) is 18.6. The third-order valence-corrected chi connectivity index (χ3v) is 9.33. The molecule has 40 heavy (non-hydrogen) atoms. The highest BCUT2D eigenvalue weighted by Crippen LogP contribution is 2.64. The van der Waals surface area contributed by atoms with E-state index in [1.54, 1.807) is 24.3 Å². The maximum Gasteiger partial charge on any atom is 0.338 e. The van der Waals surface area contributed by atoms with Gasteiger partial charge in [0.25, 0.3) is 0 Å². The van der Waals surface area contributed by atoms with Gasteiger partial charge in [-0.2, -0.15) is 0 Å². The van der Waals surface area contributed by atoms with Crippen LogP contribution >= 0.6 is 0 Å². The van der Waals surface area contributed by atoms with Gasteiger partial charge in [0.15, 0.2) is 12.2 Å². The molecule has 7 heteroatoms. The van der Waals surface area contributed by atoms with Crippen LogP contribution in [0.1, 0.15) is 91.4 Å². The molecule has 2 aliphatic rings. The van der Waals surface area contributed by atoms with E-state index in [4.69, 9.17) is 14.2 Å². The van der Waals surface area contributed by atoms with Gasteiger partial charge in [-0.05, 0) is 54.4 Å². The van der Waals surface area contributed by atoms with E-state index in [0.717, 1.165) is 18.4 Å². The van der Waals surface area contributed by atoms with Crippen molar-refractivity contribution in [3.63, 3.8) is 0 Å². The topological polar surface area (TPSA) is 99.1 Å². The molecule has 0 aliphatic heterocycles. The molecule has 1 aromatic carbocycles. The Balaban J connectivity index is 2.40. The van der Waals surface area contributed by atoms with Crippen LogP contribution in [-0.4, -0.2) is 47.4 Å². The molecule has 2 aliphatic carbocycles. The Morgan fingerprint density at radius 3 is 2.17 bits per heavy atom. The lowest BCUT2D eigenvalue weighted by molar-refractivity contribution is -0.195. The van der Waals surface area contributed by atoms with E-state index < -0.39 is 59.1 Å². The minimum atomic E-state index is -1.05. The molecule has 0 amide bonds. The molecule has 0 bridgehead atoms. The molecule has 0 radical (unpaired) electrons. The van der Waals surface area contributed by atoms with E-state index in [1.165, 1.54) is 13.8 Å². The Kier molecular flexibility index (Phi) is 9.40. The first kappa shape index (κ1) is 31.6. The number of ether oxygens (including phenoxy) is 3. The number of benzene rings is 1. The second-order valence-electron chi connectivity index (χ2n) is 12.6. The molecule has 3 rings (SSSR count). The molecule has 0 saturated heterocycles. The lowest BCUT2D eigenvalue weighted by Crippen LogP contribution is -2.59. The lowest BCUT2D eigenvalue weighted by Gasteiger charge is -2.53. The first-order valence-electron chi connectivity index (χ1n) is 14.3. The molecule has 7 nitrogen and oxygen atoms in total. The molecule has 1 N–H and O–H groups in total. The highest BCUT2D eigenvalue weighted by Gasteiger charge is 2.65. The molecule has 5 unspecified atom stereocenters. The fourth-order valence-corrected chi connectivity index (χ4v) is 7.28. The Morgan fingerprint density at radius 1 is 1.07 bits per heavy atom. The van der Waals surface area contributed by atoms with Gasteiger partial charge >= 0.3 is 17.9 Å². The second-order valence-corrected chi connectivity index (χ2v) is 12.6. The summed E-state index contributed by atoms with van der Waals surface area (Å²) in [6.07, 6.45) is 0.544. The number of hydrogen-bond acceptors (Lipinski definition) is 7. The highest BCUT2D eigenvalue weighted by molar-refractivity contribution is 5.89. The summed E-state index contributed by atoms with van der Waals surface area (Å²) in [5.74, 6) is -2.00. The number of fused-ring (bicyclic) bond motifs is 1. The number of carbonyl (C=O) groups is 3. The summed E-state index contributed by atoms with van der Waals surface area (Å²) in [5.41, 5.74) is -0.0600. The van der Waals surface area contributed by atoms with Crippen LogP contribution in [0.4, 0.5) is 0 Å². The highest BCUT2D eigenvalue weighted by atomic mass is 16.6. The molecule has 220 valence electrons. The van der Waals surface area contributed by atoms with Gasteiger partial charge in [0.05, 0.1) is 17.1 Å². The Hall–Kier alpha value is -2.93. The average Bonchev–Trinajstić information content (AvgIpc) is 2.95. The number of allylic oxidation sites excluding steroid dienone is 1. The summed E-state index contributed by atoms with van der Waals surface area (Å²) in [5, 5.41) is 11.2. The van der Waals surface area contributed by atoms with Crippen LogP contribution in [0.5, 0.6) is 0 Å². The molecule has 7 atom stereocenters. The van der Waals surface area contributed by atoms with E-state index in [-0.39, 0.29) is 11.8 Å². The van der Waals surface area contributed by atoms with Crippen LogP contribution in [0.15, 0.2) is 54.1 Å². The molecular formula is C33H46O7. The third kappa shape index (κ3) is 5.63. The molecule has 1 aromatic rings. The summed E-state index contributed by atoms with van der Waals surface area (Å²) >= 11 is 0. The number of carbonyl (C=O) groups excluding carboxylic acids is 3. The lowest BCUT2D eigenvalue weighted by atomic mass is 9.53. The van der Waals surface area contributed by atoms with E-state index in [9.17, 15) is 19.5 Å². The van der Waals surface area contributed by atoms with Crippen molar-refractivity contribution < 1.29 is 33.7 Å². The predicted octanol–water partition coefficient (Wildman–Crippen LogP) is 6.20. The maximum absolute atomic E-state index is 13.6. The van der Waals surface area contributed by atoms with E-state index in [2.05, 4.69) is 34.3 Å². The molecule has 2 saturated carbocycles. The van der Waals surface area contributed by atoms with Crippen LogP contribution in [0.3, 0.4) is 0 Å². The molecule has 0 spiro atoms. The molecule has 0 heterocycles. The quantitative estimate of drug-likeness (QED) is 0.254. The minimum absolute atomic E-state index is 0.101. The van der Waals surface area contributed by atoms with Crippen molar-refractivity contribution in [3.8, 4) is 0 Å². The van der Waals surface area contributed by atoms with Crippen molar-refractivity contribution in [3.05, 3.63) is 59.7 Å². The SMILES string of the molecule is C=C1C2CC(CCC)(C(C)(C)C)/C(=C/C)C(OC(=O)c3ccccc3)[C@H](OC(C)=O)C2(C)C(OC(C)=O)C[C@@H]1O. The standard InChI is InChI=1S/C33H46O7/c1-10-17-33(31(6,7)8)19-25-20(3)26(36)18-27(38-21(4)34)32(25,9)29(39-22(5)35)28(24(33)11-2)40-30(37)23-15-13-12-14-16-23/h11-16,25-29,36H,3,10,17-19H2,1-2,4-9H3/b24-11+/t25?,26-,27?,28?,29-,32?,33?/m0/s1. The zero-order chi connectivity index (χ0) is 30.0. The molecule has 2 fully saturated rings. The van der Waals surface area contributed by atoms with Gasteiger partial charge in [-0.25, -0.2) is 4.79 Å². The Bertz CT molecular complexity index is 1150. The normalized spacial score (nSPS) is 33.5. The molecular weight excluding hydrogens is 508 g/mol. The van der Waals surface area contributed by atoms with Gasteiger partial charge in [-0.3, -0.25) is 9.59 Å². The van der Waals surface area contributed by atoms with Crippen molar-refractivity contribution >= 4 is 17.9 Å². The zero-order valence-corrected chi connectivity index (χ0v) is 25.3. The van der Waals surface area contributed by atoms with Gasteiger partial charge in [0, 0.05) is 25.7 Å². The monoisotopic (exact) mass is 554 g/mol. The third-order valence-electron chi connectivity index (χ3n) is 9.33. The number of hydrogen-bond donors (Lipinski definition) is 1. The number of esters is 3.